The van der Waals surface area contributed by atoms with Gasteiger partial charge in [-0.25, -0.2) is 0 Å². The van der Waals surface area contributed by atoms with E-state index in [0.29, 0.717) is 60.3 Å². The molecule has 4 aromatic carbocycles. The molecular weight excluding hydrogens is 1060 g/mol. The lowest BCUT2D eigenvalue weighted by molar-refractivity contribution is -0.114. The first kappa shape index (κ1) is 66.5. The predicted octanol–water partition coefficient (Wildman–Crippen LogP) is 21.2. The second kappa shape index (κ2) is 33.7. The van der Waals surface area contributed by atoms with Gasteiger partial charge in [0.25, 0.3) is 23.6 Å². The number of fused-ring (bicyclic) bond motifs is 7. The van der Waals surface area contributed by atoms with Gasteiger partial charge < -0.3 is 19.6 Å². The van der Waals surface area contributed by atoms with Gasteiger partial charge in [0.2, 0.25) is 0 Å². The molecule has 0 N–H and O–H groups in total. The van der Waals surface area contributed by atoms with E-state index in [0.717, 1.165) is 184 Å². The summed E-state index contributed by atoms with van der Waals surface area (Å²) in [5, 5.41) is 1.85. The number of amides is 4. The van der Waals surface area contributed by atoms with Gasteiger partial charge in [-0.05, 0) is 87.2 Å². The van der Waals surface area contributed by atoms with Gasteiger partial charge in [-0.3, -0.25) is 19.2 Å². The van der Waals surface area contributed by atoms with E-state index in [-0.39, 0.29) is 35.5 Å². The summed E-state index contributed by atoms with van der Waals surface area (Å²) < 4.78 is 0. The van der Waals surface area contributed by atoms with Crippen molar-refractivity contribution in [2.24, 2.45) is 23.7 Å². The monoisotopic (exact) mass is 1170 g/mol. The summed E-state index contributed by atoms with van der Waals surface area (Å²) in [5.41, 5.74) is 8.89. The third-order valence-corrected chi connectivity index (χ3v) is 20.0. The Morgan fingerprint density at radius 1 is 0.267 bits per heavy atom. The van der Waals surface area contributed by atoms with Crippen LogP contribution in [0, 0.1) is 23.7 Å². The lowest BCUT2D eigenvalue weighted by Gasteiger charge is -2.27. The van der Waals surface area contributed by atoms with Gasteiger partial charge in [0.05, 0.1) is 45.0 Å². The first-order valence-electron chi connectivity index (χ1n) is 35.7. The zero-order valence-corrected chi connectivity index (χ0v) is 55.1. The number of carbonyl (C=O) groups excluding carboxylic acids is 4. The lowest BCUT2D eigenvalue weighted by Crippen LogP contribution is -2.34. The van der Waals surface area contributed by atoms with Crippen molar-refractivity contribution in [3.63, 3.8) is 0 Å². The summed E-state index contributed by atoms with van der Waals surface area (Å²) in [6.07, 6.45) is 36.3. The smallest absolute Gasteiger partial charge is 0.259 e. The van der Waals surface area contributed by atoms with Crippen LogP contribution in [0.3, 0.4) is 0 Å². The van der Waals surface area contributed by atoms with Crippen LogP contribution >= 0.6 is 0 Å². The molecule has 0 saturated heterocycles. The van der Waals surface area contributed by atoms with Crippen LogP contribution in [-0.4, -0.2) is 49.8 Å². The van der Waals surface area contributed by atoms with Gasteiger partial charge in [-0.15, -0.1) is 0 Å². The number of hydrogen-bond donors (Lipinski definition) is 0. The zero-order chi connectivity index (χ0) is 61.0. The maximum Gasteiger partial charge on any atom is 0.259 e. The molecule has 0 fully saturated rings. The molecular formula is C78H112N4O4. The van der Waals surface area contributed by atoms with Crippen molar-refractivity contribution in [1.29, 1.82) is 0 Å². The minimum absolute atomic E-state index is 0.0672. The predicted molar refractivity (Wildman–Crippen MR) is 367 cm³/mol. The minimum Gasteiger partial charge on any atom is -0.307 e. The summed E-state index contributed by atoms with van der Waals surface area (Å²) in [6.45, 7) is 20.5. The van der Waals surface area contributed by atoms with Crippen molar-refractivity contribution >= 4 is 79.4 Å². The van der Waals surface area contributed by atoms with Crippen molar-refractivity contribution in [2.75, 3.05) is 45.8 Å². The van der Waals surface area contributed by atoms with E-state index in [4.69, 9.17) is 0 Å². The first-order chi connectivity index (χ1) is 42.1. The quantitative estimate of drug-likeness (QED) is 0.0328. The summed E-state index contributed by atoms with van der Waals surface area (Å²) >= 11 is 0. The van der Waals surface area contributed by atoms with Crippen LogP contribution in [-0.2, 0) is 19.2 Å². The van der Waals surface area contributed by atoms with Crippen molar-refractivity contribution in [1.82, 2.24) is 0 Å². The number of nitrogens with zero attached hydrogens (tertiary/aromatic N) is 4. The fourth-order valence-electron chi connectivity index (χ4n) is 15.1. The Kier molecular flexibility index (Phi) is 26.1. The van der Waals surface area contributed by atoms with Crippen molar-refractivity contribution in [3.05, 3.63) is 95.1 Å². The third-order valence-electron chi connectivity index (χ3n) is 20.0. The third kappa shape index (κ3) is 15.5. The Morgan fingerprint density at radius 2 is 0.523 bits per heavy atom. The fraction of sp³-hybridized carbons (Fsp3) is 0.615. The second-order valence-electron chi connectivity index (χ2n) is 26.6. The van der Waals surface area contributed by atoms with Crippen LogP contribution in [0.5, 0.6) is 0 Å². The maximum absolute atomic E-state index is 16.2. The van der Waals surface area contributed by atoms with Gasteiger partial charge in [0.1, 0.15) is 0 Å². The Balaban J connectivity index is 1.33. The molecule has 4 atom stereocenters. The summed E-state index contributed by atoms with van der Waals surface area (Å²) in [6, 6.07) is 25.0. The van der Waals surface area contributed by atoms with Crippen LogP contribution in [0.15, 0.2) is 72.8 Å². The molecule has 468 valence electrons. The Hall–Kier alpha value is -5.50. The van der Waals surface area contributed by atoms with Gasteiger partial charge in [0.15, 0.2) is 0 Å². The molecule has 86 heavy (non-hydrogen) atoms. The summed E-state index contributed by atoms with van der Waals surface area (Å²) in [7, 11) is 0. The highest BCUT2D eigenvalue weighted by atomic mass is 16.2. The topological polar surface area (TPSA) is 81.2 Å². The first-order valence-corrected chi connectivity index (χ1v) is 35.7. The average molecular weight is 1170 g/mol. The Labute approximate surface area is 521 Å². The molecule has 4 amide bonds. The molecule has 0 bridgehead atoms. The largest absolute Gasteiger partial charge is 0.307 e. The molecule has 0 radical (unpaired) electrons. The number of rotatable bonds is 40. The number of unbranched alkanes of at least 4 members (excludes halogenated alkanes) is 16. The number of anilines is 4. The van der Waals surface area contributed by atoms with E-state index in [1.165, 1.54) is 77.0 Å². The molecule has 4 heterocycles. The van der Waals surface area contributed by atoms with E-state index >= 15 is 19.2 Å². The Morgan fingerprint density at radius 3 is 0.826 bits per heavy atom. The molecule has 0 saturated carbocycles. The number of carbonyl (C=O) groups is 4. The maximum atomic E-state index is 16.2. The number of para-hydroxylation sites is 2. The molecule has 4 unspecified atom stereocenters. The number of hydrogen-bond acceptors (Lipinski definition) is 4. The molecule has 8 nitrogen and oxygen atoms in total. The van der Waals surface area contributed by atoms with Gasteiger partial charge in [-0.1, -0.05) is 270 Å². The van der Waals surface area contributed by atoms with Crippen molar-refractivity contribution in [2.45, 2.75) is 261 Å². The minimum atomic E-state index is -0.0940. The Bertz CT molecular complexity index is 2750. The van der Waals surface area contributed by atoms with Crippen LogP contribution in [0.4, 0.5) is 22.7 Å². The van der Waals surface area contributed by atoms with Crippen LogP contribution < -0.4 is 19.6 Å². The standard InChI is InChI=1S/C78H112N4O4/c1-9-17-25-29-41-57(37-21-13-5)53-79-67-47-35-33-45-63(67)69(75(79)83)71-65-51-49-62-61(73(65)81(77(71)85)55-59(39-23-15-7)43-31-27-19-11-3)50-52-66-72(78(86)82(74(62)66)56-60(40-24-16-8)44-32-28-20-12-4)70-64-46-34-36-48-68(64)80(76(70)84)54-58(38-22-14-6)42-30-26-18-10-2/h33-36,45-52,57-60H,9-32,37-44,53-56H2,1-8H3/b71-69+,72-70+. The summed E-state index contributed by atoms with van der Waals surface area (Å²) in [5.74, 6) is 0.984. The van der Waals surface area contributed by atoms with E-state index in [2.05, 4.69) is 114 Å². The fourth-order valence-corrected chi connectivity index (χ4v) is 15.1. The second-order valence-corrected chi connectivity index (χ2v) is 26.6. The van der Waals surface area contributed by atoms with E-state index in [9.17, 15) is 0 Å². The highest BCUT2D eigenvalue weighted by molar-refractivity contribution is 6.52. The average Bonchev–Trinajstić information content (AvgIpc) is 1.64. The highest BCUT2D eigenvalue weighted by Gasteiger charge is 2.47. The SMILES string of the molecule is CCCCCCC(CCCC)CN1C(=O)/C(=C2/C(=O)N(CC(CCCC)CCCCCC)c3c2ccc2c4c(ccc32)/C(=C2\C(=O)N(CC(CCCC)CCCCCC)c3ccccc32)C(=O)N4CC(CCCC)CCCCCC)c2ccccc21. The van der Waals surface area contributed by atoms with Gasteiger partial charge in [-0.2, -0.15) is 0 Å². The normalized spacial score (nSPS) is 17.8. The number of benzene rings is 4. The van der Waals surface area contributed by atoms with Crippen LogP contribution in [0.1, 0.15) is 283 Å². The molecule has 0 aliphatic carbocycles. The molecule has 4 aromatic rings. The molecule has 0 aromatic heterocycles. The lowest BCUT2D eigenvalue weighted by atomic mass is 9.91. The van der Waals surface area contributed by atoms with Gasteiger partial charge in [0, 0.05) is 59.2 Å². The zero-order valence-electron chi connectivity index (χ0n) is 55.1. The van der Waals surface area contributed by atoms with Crippen LogP contribution in [0.25, 0.3) is 33.1 Å². The van der Waals surface area contributed by atoms with Crippen molar-refractivity contribution in [3.8, 4) is 0 Å². The van der Waals surface area contributed by atoms with E-state index in [1.807, 2.05) is 34.1 Å². The molecule has 8 heteroatoms. The molecule has 4 aliphatic rings. The highest BCUT2D eigenvalue weighted by Crippen LogP contribution is 2.54. The molecule has 8 rings (SSSR count). The molecule has 0 spiro atoms. The van der Waals surface area contributed by atoms with Crippen molar-refractivity contribution < 1.29 is 19.2 Å². The van der Waals surface area contributed by atoms with Crippen LogP contribution in [0.2, 0.25) is 0 Å². The van der Waals surface area contributed by atoms with E-state index < -0.39 is 0 Å². The molecule has 4 aliphatic heterocycles. The summed E-state index contributed by atoms with van der Waals surface area (Å²) in [4.78, 5) is 71.8. The van der Waals surface area contributed by atoms with Gasteiger partial charge >= 0.3 is 0 Å². The van der Waals surface area contributed by atoms with E-state index in [1.54, 1.807) is 0 Å².